The van der Waals surface area contributed by atoms with E-state index >= 15 is 0 Å². The van der Waals surface area contributed by atoms with Gasteiger partial charge in [0.25, 0.3) is 0 Å². The molecule has 0 heterocycles. The Balaban J connectivity index is 0. The molecule has 0 aliphatic rings. The second kappa shape index (κ2) is 14.5. The van der Waals surface area contributed by atoms with Crippen molar-refractivity contribution in [2.24, 2.45) is 0 Å². The van der Waals surface area contributed by atoms with E-state index < -0.39 is 18.4 Å². The first-order chi connectivity index (χ1) is 8.45. The zero-order chi connectivity index (χ0) is 14.4. The van der Waals surface area contributed by atoms with Gasteiger partial charge >= 0.3 is 81.5 Å². The zero-order valence-corrected chi connectivity index (χ0v) is 14.2. The summed E-state index contributed by atoms with van der Waals surface area (Å²) in [4.78, 5) is 19.7. The Morgan fingerprint density at radius 2 is 1.50 bits per heavy atom. The van der Waals surface area contributed by atoms with Gasteiger partial charge in [-0.1, -0.05) is 6.58 Å². The van der Waals surface area contributed by atoms with Crippen LogP contribution in [0.4, 0.5) is 0 Å². The van der Waals surface area contributed by atoms with E-state index in [-0.39, 0.29) is 26.7 Å². The number of carboxylic acid groups (broad SMARTS) is 2. The molecule has 4 nitrogen and oxygen atoms in total. The number of unbranched alkanes of at least 4 members (excludes halogenated alkanes) is 2. The topological polar surface area (TPSA) is 74.6 Å². The van der Waals surface area contributed by atoms with Gasteiger partial charge < -0.3 is 10.2 Å². The quantitative estimate of drug-likeness (QED) is 0.375. The molecule has 104 valence electrons. The van der Waals surface area contributed by atoms with Crippen LogP contribution < -0.4 is 0 Å². The van der Waals surface area contributed by atoms with Crippen LogP contribution in [0, 0.1) is 0 Å². The molecule has 0 saturated heterocycles. The van der Waals surface area contributed by atoms with Crippen molar-refractivity contribution < 1.29 is 19.8 Å². The fourth-order valence-electron chi connectivity index (χ4n) is 0.987. The van der Waals surface area contributed by atoms with Crippen LogP contribution >= 0.6 is 0 Å². The summed E-state index contributed by atoms with van der Waals surface area (Å²) in [7, 11) is 0. The van der Waals surface area contributed by atoms with Crippen LogP contribution in [-0.2, 0) is 9.59 Å². The molecule has 0 unspecified atom stereocenters. The van der Waals surface area contributed by atoms with E-state index in [1.807, 2.05) is 0 Å². The third kappa shape index (κ3) is 17.9. The van der Waals surface area contributed by atoms with Gasteiger partial charge in [-0.2, -0.15) is 0 Å². The van der Waals surface area contributed by atoms with Crippen molar-refractivity contribution in [2.75, 3.05) is 0 Å². The Hall–Kier alpha value is -0.521. The molecule has 2 radical (unpaired) electrons. The van der Waals surface area contributed by atoms with Crippen LogP contribution in [0.3, 0.4) is 0 Å². The summed E-state index contributed by atoms with van der Waals surface area (Å²) in [6.07, 6.45) is 5.33. The van der Waals surface area contributed by atoms with Crippen LogP contribution in [0.1, 0.15) is 46.0 Å². The Morgan fingerprint density at radius 1 is 1.06 bits per heavy atom. The van der Waals surface area contributed by atoms with E-state index in [9.17, 15) is 9.59 Å². The monoisotopic (exact) mass is 364 g/mol. The molecule has 0 amide bonds. The van der Waals surface area contributed by atoms with E-state index in [1.165, 1.54) is 25.7 Å². The Kier molecular flexibility index (Phi) is 16.0. The molecule has 0 aromatic heterocycles. The third-order valence-corrected chi connectivity index (χ3v) is 6.12. The van der Waals surface area contributed by atoms with Gasteiger partial charge in [-0.25, -0.2) is 4.79 Å². The Labute approximate surface area is 120 Å². The van der Waals surface area contributed by atoms with Crippen LogP contribution in [0.2, 0.25) is 8.87 Å². The van der Waals surface area contributed by atoms with Crippen LogP contribution in [-0.4, -0.2) is 43.3 Å². The summed E-state index contributed by atoms with van der Waals surface area (Å²) >= 11 is 0.149. The molecule has 0 atom stereocenters. The minimum atomic E-state index is -1.27. The van der Waals surface area contributed by atoms with Crippen LogP contribution in [0.25, 0.3) is 0 Å². The first kappa shape index (κ1) is 19.8. The summed E-state index contributed by atoms with van der Waals surface area (Å²) in [5, 5.41) is 16.1. The van der Waals surface area contributed by atoms with E-state index in [1.54, 1.807) is 8.87 Å². The first-order valence-corrected chi connectivity index (χ1v) is 10.3. The molecule has 0 fully saturated rings. The number of carbonyl (C=O) groups is 2. The third-order valence-electron chi connectivity index (χ3n) is 2.08. The fraction of sp³-hybridized carbons (Fsp3) is 0.692. The Bertz CT molecular complexity index is 245. The fourth-order valence-corrected chi connectivity index (χ4v) is 5.15. The molecule has 5 heteroatoms. The zero-order valence-electron chi connectivity index (χ0n) is 11.4. The average molecular weight is 363 g/mol. The van der Waals surface area contributed by atoms with E-state index in [4.69, 9.17) is 10.2 Å². The summed E-state index contributed by atoms with van der Waals surface area (Å²) in [5.41, 5.74) is -0.303. The van der Waals surface area contributed by atoms with Crippen molar-refractivity contribution in [3.63, 3.8) is 0 Å². The molecule has 0 aliphatic heterocycles. The van der Waals surface area contributed by atoms with Crippen molar-refractivity contribution in [3.8, 4) is 0 Å². The summed E-state index contributed by atoms with van der Waals surface area (Å²) in [5.74, 6) is -2.44. The van der Waals surface area contributed by atoms with Crippen LogP contribution in [0.5, 0.6) is 0 Å². The molecule has 0 bridgehead atoms. The predicted octanol–water partition coefficient (Wildman–Crippen LogP) is 3.23. The van der Waals surface area contributed by atoms with Gasteiger partial charge in [0, 0.05) is 5.57 Å². The normalized spacial score (nSPS) is 9.22. The average Bonchev–Trinajstić information content (AvgIpc) is 2.29. The first-order valence-electron chi connectivity index (χ1n) is 6.29. The maximum absolute atomic E-state index is 9.87. The molecule has 2 N–H and O–H groups in total. The number of rotatable bonds is 9. The second-order valence-electron chi connectivity index (χ2n) is 3.94. The van der Waals surface area contributed by atoms with Crippen molar-refractivity contribution in [2.45, 2.75) is 54.8 Å². The molecule has 0 rings (SSSR count). The maximum atomic E-state index is 9.87. The Morgan fingerprint density at radius 3 is 1.72 bits per heavy atom. The van der Waals surface area contributed by atoms with Crippen molar-refractivity contribution in [1.29, 1.82) is 0 Å². The molecular weight excluding hydrogens is 339 g/mol. The van der Waals surface area contributed by atoms with Gasteiger partial charge in [0.05, 0.1) is 6.42 Å². The van der Waals surface area contributed by atoms with E-state index in [2.05, 4.69) is 20.4 Å². The molecule has 0 spiro atoms. The van der Waals surface area contributed by atoms with Gasteiger partial charge in [0.2, 0.25) is 0 Å². The van der Waals surface area contributed by atoms with Crippen molar-refractivity contribution >= 4 is 33.1 Å². The van der Waals surface area contributed by atoms with Gasteiger partial charge in [-0.15, -0.1) is 0 Å². The number of carboxylic acids is 2. The predicted molar refractivity (Wildman–Crippen MR) is 74.2 cm³/mol. The van der Waals surface area contributed by atoms with E-state index in [0.29, 0.717) is 0 Å². The molecule has 0 aromatic rings. The molecule has 0 aliphatic carbocycles. The number of hydrogen-bond acceptors (Lipinski definition) is 2. The summed E-state index contributed by atoms with van der Waals surface area (Å²) < 4.78 is 3.25. The molecule has 0 saturated carbocycles. The standard InChI is InChI=1S/C5H6O4.2C4H9.Sn/c1-3(5(8)9)2-4(6)7;2*1-3-4-2;/h1-2H2,(H,6,7)(H,8,9);2*1,3-4H2,2H3;. The molecule has 0 aromatic carbocycles. The minimum absolute atomic E-state index is 0.149. The number of aliphatic carboxylic acids is 2. The molecule has 18 heavy (non-hydrogen) atoms. The van der Waals surface area contributed by atoms with Gasteiger partial charge in [-0.05, 0) is 0 Å². The van der Waals surface area contributed by atoms with Gasteiger partial charge in [0.15, 0.2) is 0 Å². The SMILES string of the molecule is C=C(CC(=O)O)C(=O)O.CCC[CH2][Sn][CH2]CCC. The van der Waals surface area contributed by atoms with Crippen LogP contribution in [0.15, 0.2) is 12.2 Å². The van der Waals surface area contributed by atoms with Gasteiger partial charge in [-0.3, -0.25) is 4.79 Å². The summed E-state index contributed by atoms with van der Waals surface area (Å²) in [6.45, 7) is 7.60. The summed E-state index contributed by atoms with van der Waals surface area (Å²) in [6, 6.07) is 0. The van der Waals surface area contributed by atoms with Crippen molar-refractivity contribution in [3.05, 3.63) is 12.2 Å². The van der Waals surface area contributed by atoms with Gasteiger partial charge in [0.1, 0.15) is 0 Å². The van der Waals surface area contributed by atoms with Crippen molar-refractivity contribution in [1.82, 2.24) is 0 Å². The number of hydrogen-bond donors (Lipinski definition) is 2. The molecular formula is C13H24O4Sn. The second-order valence-corrected chi connectivity index (χ2v) is 8.22. The van der Waals surface area contributed by atoms with E-state index in [0.717, 1.165) is 0 Å².